The summed E-state index contributed by atoms with van der Waals surface area (Å²) in [7, 11) is 0. The van der Waals surface area contributed by atoms with Crippen LogP contribution in [-0.4, -0.2) is 27.7 Å². The van der Waals surface area contributed by atoms with Gasteiger partial charge in [0.05, 0.1) is 21.0 Å². The van der Waals surface area contributed by atoms with Gasteiger partial charge in [-0.05, 0) is 53.6 Å². The molecule has 0 unspecified atom stereocenters. The minimum atomic E-state index is -0.354. The Hall–Kier alpha value is -2.55. The van der Waals surface area contributed by atoms with Crippen LogP contribution < -0.4 is 10.6 Å². The molecule has 27 heavy (non-hydrogen) atoms. The van der Waals surface area contributed by atoms with Crippen LogP contribution in [0.25, 0.3) is 27.6 Å². The zero-order valence-electron chi connectivity index (χ0n) is 14.1. The third-order valence-electron chi connectivity index (χ3n) is 4.57. The first kappa shape index (κ1) is 16.6. The van der Waals surface area contributed by atoms with E-state index in [4.69, 9.17) is 0 Å². The van der Waals surface area contributed by atoms with Gasteiger partial charge in [0.25, 0.3) is 11.1 Å². The predicted molar refractivity (Wildman–Crippen MR) is 107 cm³/mol. The topological polar surface area (TPSA) is 84.0 Å². The van der Waals surface area contributed by atoms with Crippen molar-refractivity contribution >= 4 is 51.2 Å². The van der Waals surface area contributed by atoms with Crippen molar-refractivity contribution in [2.75, 3.05) is 6.54 Å². The summed E-state index contributed by atoms with van der Waals surface area (Å²) in [6.07, 6.45) is 4.36. The normalized spacial score (nSPS) is 18.1. The lowest BCUT2D eigenvalue weighted by molar-refractivity contribution is -0.115. The fourth-order valence-corrected chi connectivity index (χ4v) is 5.18. The van der Waals surface area contributed by atoms with Gasteiger partial charge in [0.15, 0.2) is 0 Å². The predicted octanol–water partition coefficient (Wildman–Crippen LogP) is 3.33. The minimum Gasteiger partial charge on any atom is -0.312 e. The number of nitrogens with zero attached hydrogens (tertiary/aromatic N) is 2. The van der Waals surface area contributed by atoms with Crippen LogP contribution in [0.3, 0.4) is 0 Å². The molecule has 2 aromatic heterocycles. The molecule has 2 amide bonds. The monoisotopic (exact) mass is 394 g/mol. The van der Waals surface area contributed by atoms with Crippen LogP contribution in [0.5, 0.6) is 0 Å². The molecule has 2 aliphatic heterocycles. The molecule has 2 aliphatic rings. The summed E-state index contributed by atoms with van der Waals surface area (Å²) in [6, 6.07) is 8.00. The van der Waals surface area contributed by atoms with Crippen molar-refractivity contribution in [3.63, 3.8) is 0 Å². The Morgan fingerprint density at radius 3 is 2.89 bits per heavy atom. The second-order valence-electron chi connectivity index (χ2n) is 6.34. The van der Waals surface area contributed by atoms with Crippen LogP contribution in [0.2, 0.25) is 0 Å². The van der Waals surface area contributed by atoms with Crippen molar-refractivity contribution in [3.05, 3.63) is 51.5 Å². The number of hydrogen-bond donors (Lipinski definition) is 2. The molecule has 5 rings (SSSR count). The number of imide groups is 1. The fraction of sp³-hybridized carbons (Fsp3) is 0.158. The highest BCUT2D eigenvalue weighted by atomic mass is 32.2. The summed E-state index contributed by atoms with van der Waals surface area (Å²) in [5.41, 5.74) is 3.93. The number of aromatic nitrogens is 2. The number of benzene rings is 1. The van der Waals surface area contributed by atoms with Crippen molar-refractivity contribution in [1.82, 2.24) is 20.6 Å². The lowest BCUT2D eigenvalue weighted by Gasteiger charge is -2.10. The molecule has 0 radical (unpaired) electrons. The lowest BCUT2D eigenvalue weighted by atomic mass is 10.1. The smallest absolute Gasteiger partial charge is 0.290 e. The second-order valence-corrected chi connectivity index (χ2v) is 8.49. The van der Waals surface area contributed by atoms with E-state index in [1.807, 2.05) is 18.2 Å². The first-order valence-electron chi connectivity index (χ1n) is 8.50. The van der Waals surface area contributed by atoms with Gasteiger partial charge in [-0.15, -0.1) is 11.3 Å². The molecule has 1 saturated heterocycles. The van der Waals surface area contributed by atoms with Crippen molar-refractivity contribution in [3.8, 4) is 10.6 Å². The number of rotatable bonds is 2. The number of carbonyl (C=O) groups excluding carboxylic acids is 2. The maximum atomic E-state index is 11.8. The van der Waals surface area contributed by atoms with Crippen LogP contribution in [0.1, 0.15) is 16.0 Å². The van der Waals surface area contributed by atoms with Gasteiger partial charge in [0.2, 0.25) is 0 Å². The summed E-state index contributed by atoms with van der Waals surface area (Å²) >= 11 is 2.70. The van der Waals surface area contributed by atoms with E-state index in [9.17, 15) is 9.59 Å². The van der Waals surface area contributed by atoms with Crippen LogP contribution in [-0.2, 0) is 17.8 Å². The molecule has 2 N–H and O–H groups in total. The van der Waals surface area contributed by atoms with E-state index < -0.39 is 0 Å². The molecule has 0 bridgehead atoms. The van der Waals surface area contributed by atoms with Gasteiger partial charge < -0.3 is 5.32 Å². The molecule has 1 fully saturated rings. The van der Waals surface area contributed by atoms with Gasteiger partial charge in [-0.25, -0.2) is 9.97 Å². The number of thiophene rings is 1. The zero-order valence-corrected chi connectivity index (χ0v) is 15.7. The van der Waals surface area contributed by atoms with Gasteiger partial charge in [-0.1, -0.05) is 6.07 Å². The van der Waals surface area contributed by atoms with Gasteiger partial charge in [0.1, 0.15) is 6.33 Å². The first-order chi connectivity index (χ1) is 13.2. The Balaban J connectivity index is 1.61. The van der Waals surface area contributed by atoms with Crippen LogP contribution in [0, 0.1) is 0 Å². The van der Waals surface area contributed by atoms with Crippen LogP contribution >= 0.6 is 23.1 Å². The molecular formula is C19H14N4O2S2. The third kappa shape index (κ3) is 3.05. The highest BCUT2D eigenvalue weighted by Crippen LogP contribution is 2.36. The van der Waals surface area contributed by atoms with E-state index in [1.165, 1.54) is 10.4 Å². The Kier molecular flexibility index (Phi) is 4.04. The summed E-state index contributed by atoms with van der Waals surface area (Å²) in [6.45, 7) is 1.90. The third-order valence-corrected chi connectivity index (χ3v) is 6.63. The molecule has 0 spiro atoms. The van der Waals surface area contributed by atoms with Crippen LogP contribution in [0.4, 0.5) is 4.79 Å². The molecule has 1 aromatic carbocycles. The number of carbonyl (C=O) groups is 2. The largest absolute Gasteiger partial charge is 0.312 e. The van der Waals surface area contributed by atoms with Gasteiger partial charge in [0, 0.05) is 23.4 Å². The highest BCUT2D eigenvalue weighted by molar-refractivity contribution is 8.18. The molecular weight excluding hydrogens is 380 g/mol. The molecule has 0 saturated carbocycles. The molecule has 0 atom stereocenters. The Bertz CT molecular complexity index is 1110. The van der Waals surface area contributed by atoms with E-state index in [0.29, 0.717) is 4.91 Å². The van der Waals surface area contributed by atoms with Crippen LogP contribution in [0.15, 0.2) is 35.5 Å². The number of fused-ring (bicyclic) bond motifs is 2. The number of amides is 2. The average Bonchev–Trinajstić information content (AvgIpc) is 3.23. The molecule has 6 nitrogen and oxygen atoms in total. The SMILES string of the molecule is O=C1NC(=O)/C(=C\c2ccc3ncnc(-c4cc5c(s4)CCNC5)c3c2)S1. The summed E-state index contributed by atoms with van der Waals surface area (Å²) in [5, 5.41) is 6.27. The standard InChI is InChI=1S/C19H14N4O2S2/c24-18-16(27-19(25)23-18)6-10-1-2-13-12(5-10)17(22-9-21-13)15-7-11-8-20-4-3-14(11)26-15/h1-2,5-7,9,20H,3-4,8H2,(H,23,24,25)/b16-6+. The molecule has 3 aromatic rings. The molecule has 0 aliphatic carbocycles. The maximum Gasteiger partial charge on any atom is 0.290 e. The maximum absolute atomic E-state index is 11.8. The number of hydrogen-bond acceptors (Lipinski definition) is 7. The number of thioether (sulfide) groups is 1. The van der Waals surface area contributed by atoms with E-state index >= 15 is 0 Å². The summed E-state index contributed by atoms with van der Waals surface area (Å²) < 4.78 is 0. The Labute approximate surface area is 163 Å². The summed E-state index contributed by atoms with van der Waals surface area (Å²) in [4.78, 5) is 35.0. The number of nitrogens with one attached hydrogen (secondary N) is 2. The average molecular weight is 394 g/mol. The van der Waals surface area contributed by atoms with Crippen molar-refractivity contribution < 1.29 is 9.59 Å². The molecule has 134 valence electrons. The van der Waals surface area contributed by atoms with E-state index in [0.717, 1.165) is 58.3 Å². The van der Waals surface area contributed by atoms with Crippen molar-refractivity contribution in [1.29, 1.82) is 0 Å². The highest BCUT2D eigenvalue weighted by Gasteiger charge is 2.25. The molecule has 8 heteroatoms. The van der Waals surface area contributed by atoms with Crippen molar-refractivity contribution in [2.45, 2.75) is 13.0 Å². The summed E-state index contributed by atoms with van der Waals surface area (Å²) in [5.74, 6) is -0.354. The van der Waals surface area contributed by atoms with E-state index in [1.54, 1.807) is 23.7 Å². The zero-order chi connectivity index (χ0) is 18.4. The van der Waals surface area contributed by atoms with E-state index in [-0.39, 0.29) is 11.1 Å². The quantitative estimate of drug-likeness (QED) is 0.649. The van der Waals surface area contributed by atoms with Gasteiger partial charge in [-0.3, -0.25) is 14.9 Å². The Morgan fingerprint density at radius 2 is 2.07 bits per heavy atom. The fourth-order valence-electron chi connectivity index (χ4n) is 3.30. The van der Waals surface area contributed by atoms with E-state index in [2.05, 4.69) is 26.7 Å². The minimum absolute atomic E-state index is 0.339. The Morgan fingerprint density at radius 1 is 1.15 bits per heavy atom. The first-order valence-corrected chi connectivity index (χ1v) is 10.1. The molecule has 4 heterocycles. The lowest BCUT2D eigenvalue weighted by Crippen LogP contribution is -2.21. The van der Waals surface area contributed by atoms with Crippen molar-refractivity contribution in [2.24, 2.45) is 0 Å². The van der Waals surface area contributed by atoms with Gasteiger partial charge in [-0.2, -0.15) is 0 Å². The second kappa shape index (κ2) is 6.56. The van der Waals surface area contributed by atoms with Gasteiger partial charge >= 0.3 is 0 Å².